The Kier molecular flexibility index (Phi) is 4.35. The monoisotopic (exact) mass is 255 g/mol. The summed E-state index contributed by atoms with van der Waals surface area (Å²) in [5.41, 5.74) is 0.112. The lowest BCUT2D eigenvalue weighted by Gasteiger charge is -2.47. The summed E-state index contributed by atoms with van der Waals surface area (Å²) < 4.78 is 5.57. The Morgan fingerprint density at radius 1 is 1.28 bits per heavy atom. The van der Waals surface area contributed by atoms with Crippen LogP contribution in [0.1, 0.15) is 40.5 Å². The van der Waals surface area contributed by atoms with E-state index in [0.29, 0.717) is 17.8 Å². The van der Waals surface area contributed by atoms with E-state index >= 15 is 0 Å². The maximum Gasteiger partial charge on any atom is 0.0645 e. The molecule has 0 radical (unpaired) electrons. The van der Waals surface area contributed by atoms with Crippen LogP contribution in [0.25, 0.3) is 0 Å². The van der Waals surface area contributed by atoms with Crippen molar-refractivity contribution in [3.8, 4) is 0 Å². The Labute approximate surface area is 112 Å². The summed E-state index contributed by atoms with van der Waals surface area (Å²) in [5.74, 6) is 1.73. The zero-order valence-corrected chi connectivity index (χ0v) is 12.4. The maximum atomic E-state index is 10.4. The summed E-state index contributed by atoms with van der Waals surface area (Å²) in [7, 11) is 0. The van der Waals surface area contributed by atoms with Gasteiger partial charge in [0.2, 0.25) is 0 Å². The summed E-state index contributed by atoms with van der Waals surface area (Å²) in [6.07, 6.45) is 2.11. The summed E-state index contributed by atoms with van der Waals surface area (Å²) in [6.45, 7) is 12.7. The highest BCUT2D eigenvalue weighted by atomic mass is 16.5. The molecule has 0 aromatic rings. The fraction of sp³-hybridized carbons (Fsp3) is 1.00. The van der Waals surface area contributed by atoms with Gasteiger partial charge in [-0.25, -0.2) is 0 Å². The van der Waals surface area contributed by atoms with E-state index in [2.05, 4.69) is 32.6 Å². The molecule has 3 heteroatoms. The smallest absolute Gasteiger partial charge is 0.0645 e. The molecule has 2 rings (SSSR count). The topological polar surface area (TPSA) is 32.7 Å². The van der Waals surface area contributed by atoms with E-state index in [0.717, 1.165) is 32.7 Å². The molecule has 0 bridgehead atoms. The molecule has 3 nitrogen and oxygen atoms in total. The molecule has 0 spiro atoms. The lowest BCUT2D eigenvalue weighted by atomic mass is 9.73. The molecule has 1 heterocycles. The highest BCUT2D eigenvalue weighted by molar-refractivity contribution is 4.90. The fourth-order valence-corrected chi connectivity index (χ4v) is 3.66. The molecule has 0 amide bonds. The second kappa shape index (κ2) is 5.48. The van der Waals surface area contributed by atoms with E-state index in [9.17, 15) is 5.11 Å². The van der Waals surface area contributed by atoms with E-state index in [4.69, 9.17) is 4.74 Å². The largest absolute Gasteiger partial charge is 0.393 e. The molecule has 0 aromatic carbocycles. The van der Waals surface area contributed by atoms with E-state index < -0.39 is 0 Å². The fourth-order valence-electron chi connectivity index (χ4n) is 3.66. The molecule has 2 fully saturated rings. The van der Waals surface area contributed by atoms with Gasteiger partial charge < -0.3 is 9.84 Å². The Balaban J connectivity index is 1.99. The quantitative estimate of drug-likeness (QED) is 0.820. The predicted octanol–water partition coefficient (Wildman–Crippen LogP) is 2.14. The van der Waals surface area contributed by atoms with Gasteiger partial charge in [-0.2, -0.15) is 0 Å². The van der Waals surface area contributed by atoms with Gasteiger partial charge in [0.25, 0.3) is 0 Å². The number of hydrogen-bond donors (Lipinski definition) is 1. The van der Waals surface area contributed by atoms with Crippen molar-refractivity contribution in [2.24, 2.45) is 17.8 Å². The van der Waals surface area contributed by atoms with E-state index in [1.54, 1.807) is 0 Å². The Morgan fingerprint density at radius 2 is 2.00 bits per heavy atom. The third-order valence-electron chi connectivity index (χ3n) is 4.89. The number of aliphatic hydroxyl groups is 1. The molecule has 1 N–H and O–H groups in total. The van der Waals surface area contributed by atoms with Crippen LogP contribution < -0.4 is 0 Å². The Morgan fingerprint density at radius 3 is 2.61 bits per heavy atom. The van der Waals surface area contributed by atoms with Crippen LogP contribution in [0.3, 0.4) is 0 Å². The van der Waals surface area contributed by atoms with Crippen molar-refractivity contribution in [1.29, 1.82) is 0 Å². The molecule has 1 aliphatic heterocycles. The molecule has 18 heavy (non-hydrogen) atoms. The maximum absolute atomic E-state index is 10.4. The van der Waals surface area contributed by atoms with E-state index in [1.165, 1.54) is 6.42 Å². The lowest BCUT2D eigenvalue weighted by molar-refractivity contribution is -0.0806. The molecule has 4 unspecified atom stereocenters. The molecule has 4 atom stereocenters. The summed E-state index contributed by atoms with van der Waals surface area (Å²) in [6, 6.07) is 0. The first-order chi connectivity index (χ1) is 8.40. The number of aliphatic hydroxyl groups excluding tert-OH is 1. The van der Waals surface area contributed by atoms with Crippen LogP contribution in [0.4, 0.5) is 0 Å². The first-order valence-corrected chi connectivity index (χ1v) is 7.41. The van der Waals surface area contributed by atoms with Crippen molar-refractivity contribution in [3.05, 3.63) is 0 Å². The van der Waals surface area contributed by atoms with Crippen molar-refractivity contribution in [2.45, 2.75) is 52.2 Å². The molecule has 0 aromatic heterocycles. The van der Waals surface area contributed by atoms with Gasteiger partial charge in [-0.05, 0) is 38.5 Å². The normalized spacial score (nSPS) is 41.8. The van der Waals surface area contributed by atoms with Gasteiger partial charge in [-0.15, -0.1) is 0 Å². The zero-order valence-electron chi connectivity index (χ0n) is 12.4. The summed E-state index contributed by atoms with van der Waals surface area (Å²) >= 11 is 0. The van der Waals surface area contributed by atoms with Gasteiger partial charge in [0.1, 0.15) is 0 Å². The van der Waals surface area contributed by atoms with Crippen molar-refractivity contribution in [2.75, 3.05) is 26.3 Å². The highest BCUT2D eigenvalue weighted by Crippen LogP contribution is 2.35. The molecule has 1 saturated carbocycles. The van der Waals surface area contributed by atoms with Gasteiger partial charge in [0.05, 0.1) is 19.3 Å². The van der Waals surface area contributed by atoms with Crippen LogP contribution in [0.2, 0.25) is 0 Å². The molecule has 2 aliphatic rings. The van der Waals surface area contributed by atoms with Crippen LogP contribution in [-0.2, 0) is 4.74 Å². The first kappa shape index (κ1) is 14.3. The average Bonchev–Trinajstić information content (AvgIpc) is 2.24. The Hall–Kier alpha value is -0.120. The molecule has 1 aliphatic carbocycles. The number of hydrogen-bond acceptors (Lipinski definition) is 3. The van der Waals surface area contributed by atoms with Crippen LogP contribution in [0.15, 0.2) is 0 Å². The van der Waals surface area contributed by atoms with Gasteiger partial charge in [-0.1, -0.05) is 13.8 Å². The minimum atomic E-state index is -0.123. The van der Waals surface area contributed by atoms with E-state index in [-0.39, 0.29) is 11.6 Å². The van der Waals surface area contributed by atoms with Gasteiger partial charge in [0, 0.05) is 24.5 Å². The van der Waals surface area contributed by atoms with Gasteiger partial charge in [0.15, 0.2) is 0 Å². The highest BCUT2D eigenvalue weighted by Gasteiger charge is 2.38. The second-order valence-corrected chi connectivity index (χ2v) is 7.10. The zero-order chi connectivity index (χ0) is 13.3. The lowest BCUT2D eigenvalue weighted by Crippen LogP contribution is -2.56. The van der Waals surface area contributed by atoms with Crippen LogP contribution in [-0.4, -0.2) is 48.0 Å². The standard InChI is InChI=1S/C15H29NO2/c1-11-7-12(2)13(14(17)8-11)9-16-5-6-18-10-15(16,3)4/h11-14,17H,5-10H2,1-4H3. The van der Waals surface area contributed by atoms with Crippen LogP contribution in [0, 0.1) is 17.8 Å². The SMILES string of the molecule is CC1CC(C)C(CN2CCOCC2(C)C)C(O)C1. The van der Waals surface area contributed by atoms with Crippen molar-refractivity contribution < 1.29 is 9.84 Å². The first-order valence-electron chi connectivity index (χ1n) is 7.41. The van der Waals surface area contributed by atoms with Crippen LogP contribution in [0.5, 0.6) is 0 Å². The van der Waals surface area contributed by atoms with Crippen molar-refractivity contribution in [1.82, 2.24) is 4.90 Å². The van der Waals surface area contributed by atoms with Gasteiger partial charge >= 0.3 is 0 Å². The average molecular weight is 255 g/mol. The van der Waals surface area contributed by atoms with E-state index in [1.807, 2.05) is 0 Å². The minimum absolute atomic E-state index is 0.112. The van der Waals surface area contributed by atoms with Gasteiger partial charge in [-0.3, -0.25) is 4.90 Å². The Bertz CT molecular complexity index is 268. The van der Waals surface area contributed by atoms with Crippen molar-refractivity contribution in [3.63, 3.8) is 0 Å². The van der Waals surface area contributed by atoms with Crippen molar-refractivity contribution >= 4 is 0 Å². The molecule has 1 saturated heterocycles. The second-order valence-electron chi connectivity index (χ2n) is 7.10. The third-order valence-corrected chi connectivity index (χ3v) is 4.89. The van der Waals surface area contributed by atoms with Crippen LogP contribution >= 0.6 is 0 Å². The molecular weight excluding hydrogens is 226 g/mol. The summed E-state index contributed by atoms with van der Waals surface area (Å²) in [4.78, 5) is 2.51. The molecular formula is C15H29NO2. The number of morpholine rings is 1. The predicted molar refractivity (Wildman–Crippen MR) is 73.5 cm³/mol. The third kappa shape index (κ3) is 3.06. The molecule has 106 valence electrons. The minimum Gasteiger partial charge on any atom is -0.393 e. The number of ether oxygens (including phenoxy) is 1. The number of nitrogens with zero attached hydrogens (tertiary/aromatic N) is 1. The summed E-state index contributed by atoms with van der Waals surface area (Å²) in [5, 5.41) is 10.4. The number of rotatable bonds is 2.